The molecule has 0 aliphatic carbocycles. The van der Waals surface area contributed by atoms with Crippen molar-refractivity contribution in [3.8, 4) is 0 Å². The molecule has 0 aliphatic heterocycles. The second kappa shape index (κ2) is 6.30. The Balaban J connectivity index is 1.82. The summed E-state index contributed by atoms with van der Waals surface area (Å²) in [4.78, 5) is 11.2. The minimum Gasteiger partial charge on any atom is -0.464 e. The molecule has 0 atom stereocenters. The number of nitrogens with one attached hydrogen (secondary N) is 1. The lowest BCUT2D eigenvalue weighted by atomic mass is 9.77. The van der Waals surface area contributed by atoms with Gasteiger partial charge in [0.1, 0.15) is 5.58 Å². The fraction of sp³-hybridized carbons (Fsp3) is 0.182. The van der Waals surface area contributed by atoms with Crippen LogP contribution in [0.1, 0.15) is 36.2 Å². The maximum absolute atomic E-state index is 11.2. The van der Waals surface area contributed by atoms with Crippen LogP contribution in [0.3, 0.4) is 0 Å². The van der Waals surface area contributed by atoms with Gasteiger partial charge in [-0.2, -0.15) is 5.10 Å². The van der Waals surface area contributed by atoms with Gasteiger partial charge < -0.3 is 4.42 Å². The van der Waals surface area contributed by atoms with Crippen LogP contribution < -0.4 is 5.56 Å². The molecule has 2 aromatic carbocycles. The largest absolute Gasteiger partial charge is 0.464 e. The van der Waals surface area contributed by atoms with Crippen molar-refractivity contribution in [3.05, 3.63) is 99.7 Å². The Hall–Kier alpha value is -3.14. The predicted molar refractivity (Wildman–Crippen MR) is 102 cm³/mol. The molecule has 0 aliphatic rings. The molecule has 4 nitrogen and oxygen atoms in total. The molecule has 4 aromatic rings. The average molecular weight is 344 g/mol. The number of rotatable bonds is 4. The van der Waals surface area contributed by atoms with E-state index in [2.05, 4.69) is 60.4 Å². The molecular weight excluding hydrogens is 324 g/mol. The van der Waals surface area contributed by atoms with E-state index in [0.29, 0.717) is 6.42 Å². The molecule has 4 heteroatoms. The number of aromatic amines is 1. The van der Waals surface area contributed by atoms with Crippen molar-refractivity contribution in [3.63, 3.8) is 0 Å². The molecule has 0 fully saturated rings. The van der Waals surface area contributed by atoms with Crippen molar-refractivity contribution >= 4 is 11.0 Å². The highest BCUT2D eigenvalue weighted by atomic mass is 16.3. The van der Waals surface area contributed by atoms with E-state index < -0.39 is 0 Å². The van der Waals surface area contributed by atoms with E-state index in [9.17, 15) is 4.79 Å². The maximum Gasteiger partial charge on any atom is 0.264 e. The normalized spacial score (nSPS) is 11.8. The Morgan fingerprint density at radius 3 is 2.58 bits per heavy atom. The van der Waals surface area contributed by atoms with Crippen LogP contribution in [0.5, 0.6) is 0 Å². The average Bonchev–Trinajstić information content (AvgIpc) is 3.12. The maximum atomic E-state index is 11.2. The highest BCUT2D eigenvalue weighted by Crippen LogP contribution is 2.37. The molecule has 2 aromatic heterocycles. The summed E-state index contributed by atoms with van der Waals surface area (Å²) in [6, 6.07) is 20.0. The van der Waals surface area contributed by atoms with Gasteiger partial charge in [-0.3, -0.25) is 4.79 Å². The summed E-state index contributed by atoms with van der Waals surface area (Å²) in [7, 11) is 0. The Bertz CT molecular complexity index is 1090. The number of fused-ring (bicyclic) bond motifs is 1. The van der Waals surface area contributed by atoms with Gasteiger partial charge in [0, 0.05) is 28.9 Å². The van der Waals surface area contributed by atoms with Crippen molar-refractivity contribution in [2.75, 3.05) is 0 Å². The van der Waals surface area contributed by atoms with Crippen molar-refractivity contribution < 1.29 is 4.42 Å². The lowest BCUT2D eigenvalue weighted by Crippen LogP contribution is -2.19. The smallest absolute Gasteiger partial charge is 0.264 e. The molecule has 26 heavy (non-hydrogen) atoms. The van der Waals surface area contributed by atoms with Gasteiger partial charge in [-0.15, -0.1) is 0 Å². The summed E-state index contributed by atoms with van der Waals surface area (Å²) in [5.41, 5.74) is 4.86. The van der Waals surface area contributed by atoms with Crippen LogP contribution in [0.25, 0.3) is 11.0 Å². The third-order valence-corrected chi connectivity index (χ3v) is 4.90. The predicted octanol–water partition coefficient (Wildman–Crippen LogP) is 4.43. The van der Waals surface area contributed by atoms with Crippen molar-refractivity contribution in [1.82, 2.24) is 10.2 Å². The van der Waals surface area contributed by atoms with Crippen LogP contribution in [0.2, 0.25) is 0 Å². The van der Waals surface area contributed by atoms with Gasteiger partial charge in [-0.05, 0) is 29.3 Å². The van der Waals surface area contributed by atoms with Gasteiger partial charge in [-0.1, -0.05) is 50.2 Å². The second-order valence-corrected chi connectivity index (χ2v) is 7.06. The zero-order valence-electron chi connectivity index (χ0n) is 14.8. The first-order valence-electron chi connectivity index (χ1n) is 8.65. The Kier molecular flexibility index (Phi) is 3.96. The number of H-pyrrole nitrogens is 1. The quantitative estimate of drug-likeness (QED) is 0.596. The number of hydrogen-bond acceptors (Lipinski definition) is 3. The van der Waals surface area contributed by atoms with E-state index in [0.717, 1.165) is 27.8 Å². The van der Waals surface area contributed by atoms with Gasteiger partial charge in [-0.25, -0.2) is 5.10 Å². The third-order valence-electron chi connectivity index (χ3n) is 4.90. The minimum absolute atomic E-state index is 0.190. The number of benzene rings is 2. The number of hydrogen-bond donors (Lipinski definition) is 1. The van der Waals surface area contributed by atoms with E-state index >= 15 is 0 Å². The minimum atomic E-state index is -0.203. The lowest BCUT2D eigenvalue weighted by molar-refractivity contribution is 0.581. The molecule has 0 amide bonds. The SMILES string of the molecule is CC(C)(c1ccccc1)c1cc(Cc2ccc(=O)[nH]n2)cc2ccoc12. The number of aromatic nitrogens is 2. The zero-order valence-corrected chi connectivity index (χ0v) is 14.8. The number of nitrogens with zero attached hydrogens (tertiary/aromatic N) is 1. The van der Waals surface area contributed by atoms with Crippen LogP contribution in [0.15, 0.2) is 76.1 Å². The molecule has 0 saturated heterocycles. The molecule has 0 unspecified atom stereocenters. The van der Waals surface area contributed by atoms with Crippen molar-refractivity contribution in [2.24, 2.45) is 0 Å². The third kappa shape index (κ3) is 2.94. The monoisotopic (exact) mass is 344 g/mol. The van der Waals surface area contributed by atoms with Gasteiger partial charge in [0.05, 0.1) is 12.0 Å². The van der Waals surface area contributed by atoms with Crippen molar-refractivity contribution in [2.45, 2.75) is 25.7 Å². The van der Waals surface area contributed by atoms with Gasteiger partial charge in [0.25, 0.3) is 5.56 Å². The van der Waals surface area contributed by atoms with Crippen LogP contribution >= 0.6 is 0 Å². The summed E-state index contributed by atoms with van der Waals surface area (Å²) in [6.07, 6.45) is 2.38. The van der Waals surface area contributed by atoms with E-state index in [1.165, 1.54) is 11.6 Å². The van der Waals surface area contributed by atoms with E-state index in [4.69, 9.17) is 4.42 Å². The molecule has 130 valence electrons. The van der Waals surface area contributed by atoms with Crippen molar-refractivity contribution in [1.29, 1.82) is 0 Å². The first-order chi connectivity index (χ1) is 12.5. The second-order valence-electron chi connectivity index (χ2n) is 7.06. The van der Waals surface area contributed by atoms with E-state index in [1.807, 2.05) is 12.1 Å². The fourth-order valence-corrected chi connectivity index (χ4v) is 3.40. The Morgan fingerprint density at radius 1 is 1.04 bits per heavy atom. The summed E-state index contributed by atoms with van der Waals surface area (Å²) in [5.74, 6) is 0. The van der Waals surface area contributed by atoms with E-state index in [-0.39, 0.29) is 11.0 Å². The summed E-state index contributed by atoms with van der Waals surface area (Å²) < 4.78 is 5.81. The molecular formula is C22H20N2O2. The van der Waals surface area contributed by atoms with Crippen LogP contribution in [0, 0.1) is 0 Å². The van der Waals surface area contributed by atoms with Gasteiger partial charge in [0.15, 0.2) is 0 Å². The molecule has 0 radical (unpaired) electrons. The summed E-state index contributed by atoms with van der Waals surface area (Å²) >= 11 is 0. The zero-order chi connectivity index (χ0) is 18.1. The molecule has 4 rings (SSSR count). The lowest BCUT2D eigenvalue weighted by Gasteiger charge is -2.27. The highest BCUT2D eigenvalue weighted by molar-refractivity contribution is 5.83. The van der Waals surface area contributed by atoms with Crippen LogP contribution in [-0.2, 0) is 11.8 Å². The van der Waals surface area contributed by atoms with E-state index in [1.54, 1.807) is 12.3 Å². The molecule has 0 bridgehead atoms. The molecule has 0 saturated carbocycles. The highest BCUT2D eigenvalue weighted by Gasteiger charge is 2.27. The molecule has 2 heterocycles. The number of furan rings is 1. The summed E-state index contributed by atoms with van der Waals surface area (Å²) in [5, 5.41) is 7.70. The molecule has 1 N–H and O–H groups in total. The topological polar surface area (TPSA) is 58.9 Å². The first-order valence-corrected chi connectivity index (χ1v) is 8.65. The Labute approximate surface area is 151 Å². The fourth-order valence-electron chi connectivity index (χ4n) is 3.40. The molecule has 0 spiro atoms. The standard InChI is InChI=1S/C22H20N2O2/c1-22(2,17-6-4-3-5-7-17)19-14-15(12-16-10-11-26-21(16)19)13-18-8-9-20(25)24-23-18/h3-12,14H,13H2,1-2H3,(H,24,25). The van der Waals surface area contributed by atoms with Crippen LogP contribution in [0.4, 0.5) is 0 Å². The summed E-state index contributed by atoms with van der Waals surface area (Å²) in [6.45, 7) is 4.42. The first kappa shape index (κ1) is 16.3. The van der Waals surface area contributed by atoms with Gasteiger partial charge in [0.2, 0.25) is 0 Å². The van der Waals surface area contributed by atoms with Gasteiger partial charge >= 0.3 is 0 Å². The van der Waals surface area contributed by atoms with Crippen LogP contribution in [-0.4, -0.2) is 10.2 Å². The Morgan fingerprint density at radius 2 is 1.85 bits per heavy atom.